The molecule has 0 aliphatic rings. The van der Waals surface area contributed by atoms with E-state index in [4.69, 9.17) is 9.84 Å². The zero-order valence-corrected chi connectivity index (χ0v) is 11.7. The smallest absolute Gasteiger partial charge is 0.327 e. The van der Waals surface area contributed by atoms with E-state index in [9.17, 15) is 9.59 Å². The number of carbonyl (C=O) groups is 2. The highest BCUT2D eigenvalue weighted by Gasteiger charge is 2.17. The van der Waals surface area contributed by atoms with Crippen LogP contribution in [0.1, 0.15) is 12.5 Å². The standard InChI is InChI=1S/C14H20N2O4/c1-10(17)16-13(14(18)19)9-15-7-6-11-4-3-5-12(8-11)20-2/h3-5,8,13,15H,6-7,9H2,1-2H3,(H,16,17)(H,18,19). The van der Waals surface area contributed by atoms with Crippen molar-refractivity contribution in [3.63, 3.8) is 0 Å². The number of ether oxygens (including phenoxy) is 1. The highest BCUT2D eigenvalue weighted by Crippen LogP contribution is 2.12. The summed E-state index contributed by atoms with van der Waals surface area (Å²) < 4.78 is 5.13. The molecule has 0 aromatic heterocycles. The van der Waals surface area contributed by atoms with Crippen LogP contribution in [0, 0.1) is 0 Å². The van der Waals surface area contributed by atoms with Crippen LogP contribution in [-0.4, -0.2) is 43.2 Å². The molecule has 0 spiro atoms. The summed E-state index contributed by atoms with van der Waals surface area (Å²) in [6.45, 7) is 2.11. The molecule has 1 unspecified atom stereocenters. The van der Waals surface area contributed by atoms with Crippen molar-refractivity contribution in [3.05, 3.63) is 29.8 Å². The first kappa shape index (κ1) is 16.0. The summed E-state index contributed by atoms with van der Waals surface area (Å²) in [6.07, 6.45) is 0.754. The van der Waals surface area contributed by atoms with Crippen LogP contribution in [0.15, 0.2) is 24.3 Å². The van der Waals surface area contributed by atoms with E-state index in [-0.39, 0.29) is 12.5 Å². The minimum absolute atomic E-state index is 0.193. The Morgan fingerprint density at radius 1 is 1.40 bits per heavy atom. The van der Waals surface area contributed by atoms with Gasteiger partial charge in [-0.1, -0.05) is 12.1 Å². The number of amides is 1. The van der Waals surface area contributed by atoms with Crippen molar-refractivity contribution in [2.75, 3.05) is 20.2 Å². The molecule has 1 rings (SSSR count). The van der Waals surface area contributed by atoms with Crippen molar-refractivity contribution in [1.82, 2.24) is 10.6 Å². The molecular weight excluding hydrogens is 260 g/mol. The highest BCUT2D eigenvalue weighted by atomic mass is 16.5. The molecule has 0 radical (unpaired) electrons. The Bertz CT molecular complexity index is 462. The van der Waals surface area contributed by atoms with Crippen LogP contribution >= 0.6 is 0 Å². The fourth-order valence-electron chi connectivity index (χ4n) is 1.75. The average Bonchev–Trinajstić information content (AvgIpc) is 2.41. The topological polar surface area (TPSA) is 87.7 Å². The van der Waals surface area contributed by atoms with Crippen LogP contribution in [0.5, 0.6) is 5.75 Å². The molecule has 0 heterocycles. The summed E-state index contributed by atoms with van der Waals surface area (Å²) in [5, 5.41) is 14.3. The molecule has 0 saturated carbocycles. The number of hydrogen-bond donors (Lipinski definition) is 3. The number of nitrogens with one attached hydrogen (secondary N) is 2. The Labute approximate surface area is 118 Å². The van der Waals surface area contributed by atoms with Gasteiger partial charge in [0.2, 0.25) is 5.91 Å². The van der Waals surface area contributed by atoms with E-state index >= 15 is 0 Å². The molecule has 6 nitrogen and oxygen atoms in total. The third kappa shape index (κ3) is 5.71. The van der Waals surface area contributed by atoms with Gasteiger partial charge in [-0.2, -0.15) is 0 Å². The van der Waals surface area contributed by atoms with Gasteiger partial charge in [0.1, 0.15) is 11.8 Å². The predicted molar refractivity (Wildman–Crippen MR) is 74.8 cm³/mol. The molecule has 0 saturated heterocycles. The van der Waals surface area contributed by atoms with E-state index < -0.39 is 12.0 Å². The molecule has 1 aromatic rings. The largest absolute Gasteiger partial charge is 0.497 e. The van der Waals surface area contributed by atoms with Crippen molar-refractivity contribution < 1.29 is 19.4 Å². The second kappa shape index (κ2) is 8.16. The van der Waals surface area contributed by atoms with Crippen LogP contribution < -0.4 is 15.4 Å². The maximum Gasteiger partial charge on any atom is 0.327 e. The molecule has 1 amide bonds. The monoisotopic (exact) mass is 280 g/mol. The van der Waals surface area contributed by atoms with Crippen LogP contribution in [0.25, 0.3) is 0 Å². The lowest BCUT2D eigenvalue weighted by atomic mass is 10.1. The first-order valence-corrected chi connectivity index (χ1v) is 6.36. The van der Waals surface area contributed by atoms with E-state index in [1.54, 1.807) is 7.11 Å². The van der Waals surface area contributed by atoms with Gasteiger partial charge in [-0.05, 0) is 30.7 Å². The van der Waals surface area contributed by atoms with Gasteiger partial charge in [0.25, 0.3) is 0 Å². The van der Waals surface area contributed by atoms with Crippen LogP contribution in [0.2, 0.25) is 0 Å². The van der Waals surface area contributed by atoms with E-state index in [1.165, 1.54) is 6.92 Å². The Kier molecular flexibility index (Phi) is 6.52. The third-order valence-electron chi connectivity index (χ3n) is 2.75. The van der Waals surface area contributed by atoms with E-state index in [1.807, 2.05) is 24.3 Å². The van der Waals surface area contributed by atoms with Crippen molar-refractivity contribution in [1.29, 1.82) is 0 Å². The second-order valence-corrected chi connectivity index (χ2v) is 4.40. The first-order valence-electron chi connectivity index (χ1n) is 6.36. The van der Waals surface area contributed by atoms with Crippen LogP contribution in [0.4, 0.5) is 0 Å². The number of rotatable bonds is 8. The fraction of sp³-hybridized carbons (Fsp3) is 0.429. The molecule has 0 aliphatic carbocycles. The number of aliphatic carboxylic acids is 1. The second-order valence-electron chi connectivity index (χ2n) is 4.40. The molecule has 0 bridgehead atoms. The summed E-state index contributed by atoms with van der Waals surface area (Å²) in [5.41, 5.74) is 1.10. The van der Waals surface area contributed by atoms with E-state index in [0.717, 1.165) is 17.7 Å². The number of carbonyl (C=O) groups excluding carboxylic acids is 1. The Hall–Kier alpha value is -2.08. The molecule has 20 heavy (non-hydrogen) atoms. The van der Waals surface area contributed by atoms with Crippen molar-refractivity contribution in [3.8, 4) is 5.75 Å². The molecular formula is C14H20N2O4. The lowest BCUT2D eigenvalue weighted by Gasteiger charge is -2.14. The highest BCUT2D eigenvalue weighted by molar-refractivity contribution is 5.82. The van der Waals surface area contributed by atoms with Gasteiger partial charge in [0, 0.05) is 13.5 Å². The van der Waals surface area contributed by atoms with Crippen LogP contribution in [0.3, 0.4) is 0 Å². The van der Waals surface area contributed by atoms with Gasteiger partial charge in [-0.3, -0.25) is 4.79 Å². The summed E-state index contributed by atoms with van der Waals surface area (Å²) >= 11 is 0. The minimum Gasteiger partial charge on any atom is -0.497 e. The van der Waals surface area contributed by atoms with Gasteiger partial charge in [-0.25, -0.2) is 4.79 Å². The number of carboxylic acids is 1. The van der Waals surface area contributed by atoms with Crippen molar-refractivity contribution in [2.24, 2.45) is 0 Å². The Balaban J connectivity index is 2.35. The van der Waals surface area contributed by atoms with E-state index in [0.29, 0.717) is 6.54 Å². The first-order chi connectivity index (χ1) is 9.52. The average molecular weight is 280 g/mol. The minimum atomic E-state index is -1.05. The number of benzene rings is 1. The fourth-order valence-corrected chi connectivity index (χ4v) is 1.75. The third-order valence-corrected chi connectivity index (χ3v) is 2.75. The quantitative estimate of drug-likeness (QED) is 0.601. The molecule has 1 atom stereocenters. The zero-order valence-electron chi connectivity index (χ0n) is 11.7. The van der Waals surface area contributed by atoms with Gasteiger partial charge in [-0.15, -0.1) is 0 Å². The summed E-state index contributed by atoms with van der Waals surface area (Å²) in [7, 11) is 1.61. The van der Waals surface area contributed by atoms with Gasteiger partial charge >= 0.3 is 5.97 Å². The Morgan fingerprint density at radius 3 is 2.75 bits per heavy atom. The lowest BCUT2D eigenvalue weighted by Crippen LogP contribution is -2.46. The van der Waals surface area contributed by atoms with Crippen LogP contribution in [-0.2, 0) is 16.0 Å². The summed E-state index contributed by atoms with van der Waals surface area (Å²) in [4.78, 5) is 21.8. The van der Waals surface area contributed by atoms with Gasteiger partial charge in [0.15, 0.2) is 0 Å². The van der Waals surface area contributed by atoms with E-state index in [2.05, 4.69) is 10.6 Å². The van der Waals surface area contributed by atoms with Gasteiger partial charge in [0.05, 0.1) is 7.11 Å². The number of carboxylic acid groups (broad SMARTS) is 1. The number of hydrogen-bond acceptors (Lipinski definition) is 4. The lowest BCUT2D eigenvalue weighted by molar-refractivity contribution is -0.141. The molecule has 0 aliphatic heterocycles. The summed E-state index contributed by atoms with van der Waals surface area (Å²) in [5.74, 6) is -0.606. The summed E-state index contributed by atoms with van der Waals surface area (Å²) in [6, 6.07) is 6.79. The SMILES string of the molecule is COc1cccc(CCNCC(NC(C)=O)C(=O)O)c1. The molecule has 0 fully saturated rings. The maximum absolute atomic E-state index is 10.9. The normalized spacial score (nSPS) is 11.7. The maximum atomic E-state index is 10.9. The predicted octanol–water partition coefficient (Wildman–Crippen LogP) is 0.417. The Morgan fingerprint density at radius 2 is 2.15 bits per heavy atom. The number of methoxy groups -OCH3 is 1. The molecule has 3 N–H and O–H groups in total. The molecule has 1 aromatic carbocycles. The van der Waals surface area contributed by atoms with Crippen molar-refractivity contribution in [2.45, 2.75) is 19.4 Å². The zero-order chi connectivity index (χ0) is 15.0. The molecule has 6 heteroatoms. The van der Waals surface area contributed by atoms with Crippen molar-refractivity contribution >= 4 is 11.9 Å². The van der Waals surface area contributed by atoms with Gasteiger partial charge < -0.3 is 20.5 Å². The molecule has 110 valence electrons.